The van der Waals surface area contributed by atoms with Crippen LogP contribution in [0.5, 0.6) is 17.2 Å². The highest BCUT2D eigenvalue weighted by Gasteiger charge is 2.21. The minimum absolute atomic E-state index is 0.0458. The number of likely N-dealkylation sites (tertiary alicyclic amines) is 1. The number of amides is 2. The van der Waals surface area contributed by atoms with Gasteiger partial charge in [0, 0.05) is 13.1 Å². The molecule has 1 heterocycles. The van der Waals surface area contributed by atoms with Gasteiger partial charge in [-0.2, -0.15) is 0 Å². The van der Waals surface area contributed by atoms with Crippen LogP contribution in [0.25, 0.3) is 0 Å². The van der Waals surface area contributed by atoms with E-state index in [0.29, 0.717) is 22.7 Å². The minimum Gasteiger partial charge on any atom is -0.484 e. The summed E-state index contributed by atoms with van der Waals surface area (Å²) in [6.07, 6.45) is 3.19. The molecule has 1 fully saturated rings. The summed E-state index contributed by atoms with van der Waals surface area (Å²) >= 11 is 0. The van der Waals surface area contributed by atoms with E-state index in [1.165, 1.54) is 0 Å². The zero-order valence-corrected chi connectivity index (χ0v) is 17.8. The number of nitrogens with one attached hydrogen (secondary N) is 1. The predicted molar refractivity (Wildman–Crippen MR) is 123 cm³/mol. The van der Waals surface area contributed by atoms with Gasteiger partial charge in [-0.05, 0) is 67.8 Å². The van der Waals surface area contributed by atoms with Gasteiger partial charge in [-0.3, -0.25) is 9.59 Å². The summed E-state index contributed by atoms with van der Waals surface area (Å²) in [4.78, 5) is 27.2. The van der Waals surface area contributed by atoms with E-state index in [2.05, 4.69) is 5.32 Å². The SMILES string of the molecule is O=C(COc1ccc(Oc2ccccc2)cc1)Nc1ccccc1C(=O)N1CCCCC1. The van der Waals surface area contributed by atoms with Gasteiger partial charge in [0.1, 0.15) is 17.2 Å². The Bertz CT molecular complexity index is 1040. The largest absolute Gasteiger partial charge is 0.484 e. The number of carbonyl (C=O) groups is 2. The first-order valence-electron chi connectivity index (χ1n) is 10.8. The van der Waals surface area contributed by atoms with Gasteiger partial charge >= 0.3 is 0 Å². The van der Waals surface area contributed by atoms with Crippen LogP contribution in [0.3, 0.4) is 0 Å². The van der Waals surface area contributed by atoms with Crippen LogP contribution in [-0.4, -0.2) is 36.4 Å². The minimum atomic E-state index is -0.325. The van der Waals surface area contributed by atoms with Crippen LogP contribution < -0.4 is 14.8 Å². The number of carbonyl (C=O) groups excluding carboxylic acids is 2. The molecule has 32 heavy (non-hydrogen) atoms. The Labute approximate surface area is 187 Å². The smallest absolute Gasteiger partial charge is 0.262 e. The number of hydrogen-bond donors (Lipinski definition) is 1. The van der Waals surface area contributed by atoms with Crippen molar-refractivity contribution in [1.29, 1.82) is 0 Å². The molecule has 1 aliphatic heterocycles. The van der Waals surface area contributed by atoms with Crippen LogP contribution >= 0.6 is 0 Å². The van der Waals surface area contributed by atoms with Crippen LogP contribution in [0.15, 0.2) is 78.9 Å². The maximum Gasteiger partial charge on any atom is 0.262 e. The summed E-state index contributed by atoms with van der Waals surface area (Å²) in [6, 6.07) is 23.7. The van der Waals surface area contributed by atoms with Crippen molar-refractivity contribution in [2.24, 2.45) is 0 Å². The Morgan fingerprint density at radius 1 is 0.750 bits per heavy atom. The van der Waals surface area contributed by atoms with Crippen molar-refractivity contribution in [1.82, 2.24) is 4.90 Å². The molecule has 1 saturated heterocycles. The fourth-order valence-corrected chi connectivity index (χ4v) is 3.61. The average Bonchev–Trinajstić information content (AvgIpc) is 2.85. The van der Waals surface area contributed by atoms with Crippen molar-refractivity contribution < 1.29 is 19.1 Å². The Kier molecular flexibility index (Phi) is 7.02. The second-order valence-electron chi connectivity index (χ2n) is 7.62. The predicted octanol–water partition coefficient (Wildman–Crippen LogP) is 5.12. The highest BCUT2D eigenvalue weighted by molar-refractivity contribution is 6.04. The van der Waals surface area contributed by atoms with Crippen LogP contribution in [-0.2, 0) is 4.79 Å². The van der Waals surface area contributed by atoms with Crippen molar-refractivity contribution in [3.05, 3.63) is 84.4 Å². The molecule has 0 saturated carbocycles. The van der Waals surface area contributed by atoms with Crippen LogP contribution in [0.2, 0.25) is 0 Å². The Hall–Kier alpha value is -3.80. The molecule has 3 aromatic carbocycles. The quantitative estimate of drug-likeness (QED) is 0.565. The van der Waals surface area contributed by atoms with Gasteiger partial charge in [-0.1, -0.05) is 30.3 Å². The number of ether oxygens (including phenoxy) is 2. The highest BCUT2D eigenvalue weighted by Crippen LogP contribution is 2.24. The summed E-state index contributed by atoms with van der Waals surface area (Å²) in [5.41, 5.74) is 1.01. The molecular weight excluding hydrogens is 404 g/mol. The third-order valence-electron chi connectivity index (χ3n) is 5.25. The monoisotopic (exact) mass is 430 g/mol. The van der Waals surface area contributed by atoms with Gasteiger partial charge in [-0.25, -0.2) is 0 Å². The number of rotatable bonds is 7. The molecule has 3 aromatic rings. The second-order valence-corrected chi connectivity index (χ2v) is 7.62. The van der Waals surface area contributed by atoms with E-state index in [1.54, 1.807) is 42.5 Å². The summed E-state index contributed by atoms with van der Waals surface area (Å²) < 4.78 is 11.4. The lowest BCUT2D eigenvalue weighted by molar-refractivity contribution is -0.118. The topological polar surface area (TPSA) is 67.9 Å². The molecule has 0 unspecified atom stereocenters. The summed E-state index contributed by atoms with van der Waals surface area (Å²) in [5.74, 6) is 1.61. The van der Waals surface area contributed by atoms with Gasteiger partial charge in [0.2, 0.25) is 0 Å². The molecule has 1 N–H and O–H groups in total. The number of nitrogens with zero attached hydrogens (tertiary/aromatic N) is 1. The van der Waals surface area contributed by atoms with E-state index in [4.69, 9.17) is 9.47 Å². The van der Waals surface area contributed by atoms with Crippen molar-refractivity contribution in [2.45, 2.75) is 19.3 Å². The first-order chi connectivity index (χ1) is 15.7. The van der Waals surface area contributed by atoms with Crippen LogP contribution in [0.1, 0.15) is 29.6 Å². The number of hydrogen-bond acceptors (Lipinski definition) is 4. The molecule has 1 aliphatic rings. The van der Waals surface area contributed by atoms with Gasteiger partial charge in [0.15, 0.2) is 6.61 Å². The van der Waals surface area contributed by atoms with E-state index < -0.39 is 0 Å². The molecule has 6 heteroatoms. The van der Waals surface area contributed by atoms with Crippen molar-refractivity contribution >= 4 is 17.5 Å². The summed E-state index contributed by atoms with van der Waals surface area (Å²) in [5, 5.41) is 2.81. The second kappa shape index (κ2) is 10.5. The van der Waals surface area contributed by atoms with Crippen molar-refractivity contribution in [3.8, 4) is 17.2 Å². The third kappa shape index (κ3) is 5.66. The normalized spacial score (nSPS) is 13.3. The van der Waals surface area contributed by atoms with Crippen molar-refractivity contribution in [3.63, 3.8) is 0 Å². The molecule has 0 aromatic heterocycles. The van der Waals surface area contributed by atoms with Crippen LogP contribution in [0.4, 0.5) is 5.69 Å². The maximum absolute atomic E-state index is 12.9. The fraction of sp³-hybridized carbons (Fsp3) is 0.231. The number of anilines is 1. The summed E-state index contributed by atoms with van der Waals surface area (Å²) in [6.45, 7) is 1.35. The van der Waals surface area contributed by atoms with E-state index >= 15 is 0 Å². The lowest BCUT2D eigenvalue weighted by Gasteiger charge is -2.27. The summed E-state index contributed by atoms with van der Waals surface area (Å²) in [7, 11) is 0. The molecule has 0 atom stereocenters. The Morgan fingerprint density at radius 3 is 2.12 bits per heavy atom. The van der Waals surface area contributed by atoms with Crippen LogP contribution in [0, 0.1) is 0 Å². The van der Waals surface area contributed by atoms with Gasteiger partial charge in [0.05, 0.1) is 11.3 Å². The fourth-order valence-electron chi connectivity index (χ4n) is 3.61. The molecule has 4 rings (SSSR count). The zero-order chi connectivity index (χ0) is 22.2. The molecular formula is C26H26N2O4. The van der Waals surface area contributed by atoms with E-state index in [1.807, 2.05) is 41.3 Å². The lowest BCUT2D eigenvalue weighted by atomic mass is 10.1. The standard InChI is InChI=1S/C26H26N2O4/c29-25(19-31-20-13-15-22(16-14-20)32-21-9-3-1-4-10-21)27-24-12-6-5-11-23(24)26(30)28-17-7-2-8-18-28/h1,3-6,9-16H,2,7-8,17-19H2,(H,27,29). The van der Waals surface area contributed by atoms with E-state index in [0.717, 1.165) is 38.1 Å². The molecule has 0 aliphatic carbocycles. The lowest BCUT2D eigenvalue weighted by Crippen LogP contribution is -2.36. The Morgan fingerprint density at radius 2 is 1.38 bits per heavy atom. The molecule has 0 spiro atoms. The zero-order valence-electron chi connectivity index (χ0n) is 17.8. The van der Waals surface area contributed by atoms with Gasteiger partial charge in [0.25, 0.3) is 11.8 Å². The van der Waals surface area contributed by atoms with Gasteiger partial charge < -0.3 is 19.7 Å². The third-order valence-corrected chi connectivity index (χ3v) is 5.25. The first kappa shape index (κ1) is 21.4. The van der Waals surface area contributed by atoms with Gasteiger partial charge in [-0.15, -0.1) is 0 Å². The molecule has 6 nitrogen and oxygen atoms in total. The highest BCUT2D eigenvalue weighted by atomic mass is 16.5. The Balaban J connectivity index is 1.32. The average molecular weight is 431 g/mol. The van der Waals surface area contributed by atoms with E-state index in [9.17, 15) is 9.59 Å². The number of benzene rings is 3. The molecule has 164 valence electrons. The maximum atomic E-state index is 12.9. The van der Waals surface area contributed by atoms with Crippen molar-refractivity contribution in [2.75, 3.05) is 25.0 Å². The molecule has 2 amide bonds. The molecule has 0 radical (unpaired) electrons. The number of piperidine rings is 1. The number of para-hydroxylation sites is 2. The first-order valence-corrected chi connectivity index (χ1v) is 10.8. The molecule has 0 bridgehead atoms. The van der Waals surface area contributed by atoms with E-state index in [-0.39, 0.29) is 18.4 Å².